The molecular formula is C26H28F2N2O2. The predicted octanol–water partition coefficient (Wildman–Crippen LogP) is 5.74. The maximum absolute atomic E-state index is 15.5. The maximum atomic E-state index is 15.5. The van der Waals surface area contributed by atoms with Crippen molar-refractivity contribution in [3.8, 4) is 0 Å². The number of H-pyrrole nitrogens is 1. The van der Waals surface area contributed by atoms with Gasteiger partial charge in [-0.2, -0.15) is 0 Å². The highest BCUT2D eigenvalue weighted by atomic mass is 19.1. The van der Waals surface area contributed by atoms with E-state index in [1.807, 2.05) is 25.1 Å². The standard InChI is InChI=1S/C26H28F2N2O2/c1-16(14-27)15-30-25(19-10-8-17(12-21(19)28)9-11-23(31)32)24-20(13-26(30,2)3)18-6-4-5-7-22(18)29-24/h4-12,16,25,29H,13-15H2,1-3H3,(H,31,32)/t16-,25-/m1/s1. The molecule has 1 aliphatic rings. The first-order chi connectivity index (χ1) is 15.2. The van der Waals surface area contributed by atoms with Crippen molar-refractivity contribution in [2.45, 2.75) is 38.8 Å². The lowest BCUT2D eigenvalue weighted by molar-refractivity contribution is -0.131. The summed E-state index contributed by atoms with van der Waals surface area (Å²) in [5.74, 6) is -1.69. The van der Waals surface area contributed by atoms with Gasteiger partial charge in [0.05, 0.1) is 12.7 Å². The number of nitrogens with one attached hydrogen (secondary N) is 1. The van der Waals surface area contributed by atoms with Gasteiger partial charge in [-0.1, -0.05) is 37.3 Å². The van der Waals surface area contributed by atoms with Crippen molar-refractivity contribution in [3.63, 3.8) is 0 Å². The summed E-state index contributed by atoms with van der Waals surface area (Å²) < 4.78 is 29.0. The van der Waals surface area contributed by atoms with Gasteiger partial charge in [0.15, 0.2) is 0 Å². The van der Waals surface area contributed by atoms with Crippen LogP contribution < -0.4 is 0 Å². The van der Waals surface area contributed by atoms with Gasteiger partial charge >= 0.3 is 5.97 Å². The van der Waals surface area contributed by atoms with Gasteiger partial charge in [0, 0.05) is 40.3 Å². The van der Waals surface area contributed by atoms with Gasteiger partial charge in [0.2, 0.25) is 0 Å². The summed E-state index contributed by atoms with van der Waals surface area (Å²) in [5, 5.41) is 9.98. The van der Waals surface area contributed by atoms with Crippen LogP contribution in [-0.4, -0.2) is 39.7 Å². The highest BCUT2D eigenvalue weighted by Gasteiger charge is 2.43. The number of fused-ring (bicyclic) bond motifs is 3. The second-order valence-electron chi connectivity index (χ2n) is 9.32. The zero-order chi connectivity index (χ0) is 23.0. The number of aliphatic carboxylic acids is 1. The second-order valence-corrected chi connectivity index (χ2v) is 9.32. The fraction of sp³-hybridized carbons (Fsp3) is 0.346. The summed E-state index contributed by atoms with van der Waals surface area (Å²) in [6, 6.07) is 12.4. The third-order valence-corrected chi connectivity index (χ3v) is 6.33. The number of halogens is 2. The van der Waals surface area contributed by atoms with E-state index in [1.165, 1.54) is 12.1 Å². The van der Waals surface area contributed by atoms with Crippen LogP contribution in [0.4, 0.5) is 8.78 Å². The molecule has 0 bridgehead atoms. The number of nitrogens with zero attached hydrogens (tertiary/aromatic N) is 1. The fourth-order valence-electron chi connectivity index (χ4n) is 4.78. The Bertz CT molecular complexity index is 1180. The highest BCUT2D eigenvalue weighted by Crippen LogP contribution is 2.45. The van der Waals surface area contributed by atoms with Crippen molar-refractivity contribution in [1.29, 1.82) is 0 Å². The number of rotatable bonds is 6. The Morgan fingerprint density at radius 2 is 2.06 bits per heavy atom. The van der Waals surface area contributed by atoms with Gasteiger partial charge in [-0.3, -0.25) is 9.29 Å². The first-order valence-corrected chi connectivity index (χ1v) is 10.8. The summed E-state index contributed by atoms with van der Waals surface area (Å²) in [5.41, 5.74) is 3.74. The average Bonchev–Trinajstić information content (AvgIpc) is 3.10. The minimum absolute atomic E-state index is 0.191. The van der Waals surface area contributed by atoms with Crippen LogP contribution in [0.5, 0.6) is 0 Å². The molecule has 2 N–H and O–H groups in total. The van der Waals surface area contributed by atoms with E-state index in [4.69, 9.17) is 5.11 Å². The van der Waals surface area contributed by atoms with Crippen LogP contribution in [0.15, 0.2) is 48.5 Å². The molecule has 32 heavy (non-hydrogen) atoms. The molecule has 0 saturated carbocycles. The summed E-state index contributed by atoms with van der Waals surface area (Å²) in [4.78, 5) is 16.5. The van der Waals surface area contributed by atoms with Crippen molar-refractivity contribution < 1.29 is 18.7 Å². The number of carboxylic acid groups (broad SMARTS) is 1. The van der Waals surface area contributed by atoms with Gasteiger partial charge in [0.1, 0.15) is 5.82 Å². The Morgan fingerprint density at radius 3 is 2.75 bits per heavy atom. The summed E-state index contributed by atoms with van der Waals surface area (Å²) in [6.07, 6.45) is 3.13. The van der Waals surface area contributed by atoms with Gasteiger partial charge in [-0.15, -0.1) is 0 Å². The second kappa shape index (κ2) is 8.51. The molecule has 0 amide bonds. The summed E-state index contributed by atoms with van der Waals surface area (Å²) >= 11 is 0. The largest absolute Gasteiger partial charge is 0.478 e. The molecule has 0 spiro atoms. The lowest BCUT2D eigenvalue weighted by Crippen LogP contribution is -2.53. The number of aromatic nitrogens is 1. The molecule has 0 aliphatic carbocycles. The van der Waals surface area contributed by atoms with Crippen molar-refractivity contribution in [2.24, 2.45) is 5.92 Å². The van der Waals surface area contributed by atoms with Crippen molar-refractivity contribution in [3.05, 3.63) is 76.7 Å². The van der Waals surface area contributed by atoms with E-state index in [1.54, 1.807) is 12.1 Å². The Balaban J connectivity index is 1.89. The van der Waals surface area contributed by atoms with E-state index in [9.17, 15) is 9.18 Å². The number of para-hydroxylation sites is 1. The third kappa shape index (κ3) is 4.07. The van der Waals surface area contributed by atoms with Crippen LogP contribution in [0.25, 0.3) is 17.0 Å². The van der Waals surface area contributed by atoms with Crippen molar-refractivity contribution in [2.75, 3.05) is 13.2 Å². The average molecular weight is 439 g/mol. The normalized spacial score (nSPS) is 19.3. The first kappa shape index (κ1) is 22.2. The number of hydrogen-bond donors (Lipinski definition) is 2. The number of aromatic amines is 1. The monoisotopic (exact) mass is 438 g/mol. The Morgan fingerprint density at radius 1 is 1.31 bits per heavy atom. The lowest BCUT2D eigenvalue weighted by Gasteiger charge is -2.48. The molecule has 6 heteroatoms. The molecule has 2 aromatic carbocycles. The minimum Gasteiger partial charge on any atom is -0.478 e. The molecule has 1 aliphatic heterocycles. The molecule has 0 radical (unpaired) electrons. The number of hydrogen-bond acceptors (Lipinski definition) is 2. The predicted molar refractivity (Wildman–Crippen MR) is 123 cm³/mol. The van der Waals surface area contributed by atoms with Crippen LogP contribution in [-0.2, 0) is 11.2 Å². The molecule has 4 rings (SSSR count). The topological polar surface area (TPSA) is 56.3 Å². The van der Waals surface area contributed by atoms with Crippen molar-refractivity contribution >= 4 is 22.9 Å². The van der Waals surface area contributed by atoms with Crippen LogP contribution >= 0.6 is 0 Å². The van der Waals surface area contributed by atoms with Crippen LogP contribution in [0.2, 0.25) is 0 Å². The Labute approximate surface area is 186 Å². The van der Waals surface area contributed by atoms with E-state index in [0.29, 0.717) is 17.7 Å². The molecule has 2 atom stereocenters. The molecule has 3 aromatic rings. The number of benzene rings is 2. The number of carboxylic acids is 1. The molecule has 168 valence electrons. The van der Waals surface area contributed by atoms with Gasteiger partial charge in [0.25, 0.3) is 0 Å². The van der Waals surface area contributed by atoms with Gasteiger partial charge in [-0.05, 0) is 55.5 Å². The smallest absolute Gasteiger partial charge is 0.328 e. The molecule has 1 aromatic heterocycles. The molecule has 0 fully saturated rings. The molecule has 0 unspecified atom stereocenters. The SMILES string of the molecule is C[C@H](CF)CN1[C@H](c2ccc(C=CC(=O)O)cc2F)c2[nH]c3ccccc3c2CC1(C)C. The number of alkyl halides is 1. The fourth-order valence-corrected chi connectivity index (χ4v) is 4.78. The first-order valence-electron chi connectivity index (χ1n) is 10.8. The van der Waals surface area contributed by atoms with Crippen molar-refractivity contribution in [1.82, 2.24) is 9.88 Å². The molecule has 2 heterocycles. The quantitative estimate of drug-likeness (QED) is 0.483. The molecular weight excluding hydrogens is 410 g/mol. The Hall–Kier alpha value is -2.99. The van der Waals surface area contributed by atoms with Crippen LogP contribution in [0.3, 0.4) is 0 Å². The van der Waals surface area contributed by atoms with Gasteiger partial charge in [-0.25, -0.2) is 9.18 Å². The minimum atomic E-state index is -1.09. The van der Waals surface area contributed by atoms with Gasteiger partial charge < -0.3 is 10.1 Å². The maximum Gasteiger partial charge on any atom is 0.328 e. The third-order valence-electron chi connectivity index (χ3n) is 6.33. The Kier molecular flexibility index (Phi) is 5.91. The zero-order valence-electron chi connectivity index (χ0n) is 18.5. The number of carbonyl (C=O) groups is 1. The summed E-state index contributed by atoms with van der Waals surface area (Å²) in [7, 11) is 0. The van der Waals surface area contributed by atoms with Crippen LogP contribution in [0.1, 0.15) is 49.2 Å². The molecule has 4 nitrogen and oxygen atoms in total. The van der Waals surface area contributed by atoms with Crippen LogP contribution in [0, 0.1) is 11.7 Å². The van der Waals surface area contributed by atoms with E-state index >= 15 is 4.39 Å². The zero-order valence-corrected chi connectivity index (χ0v) is 18.5. The molecule has 0 saturated heterocycles. The van der Waals surface area contributed by atoms with E-state index in [2.05, 4.69) is 29.8 Å². The summed E-state index contributed by atoms with van der Waals surface area (Å²) in [6.45, 7) is 6.16. The van der Waals surface area contributed by atoms with E-state index in [-0.39, 0.29) is 11.5 Å². The van der Waals surface area contributed by atoms with E-state index < -0.39 is 24.5 Å². The lowest BCUT2D eigenvalue weighted by atomic mass is 9.80. The van der Waals surface area contributed by atoms with E-state index in [0.717, 1.165) is 34.7 Å². The highest BCUT2D eigenvalue weighted by molar-refractivity contribution is 5.86.